The highest BCUT2D eigenvalue weighted by Gasteiger charge is 2.10. The summed E-state index contributed by atoms with van der Waals surface area (Å²) in [5.41, 5.74) is 0.591. The number of carbonyl (C=O) groups is 1. The van der Waals surface area contributed by atoms with Crippen molar-refractivity contribution in [2.45, 2.75) is 6.54 Å². The van der Waals surface area contributed by atoms with Gasteiger partial charge in [0.15, 0.2) is 12.4 Å². The molecular formula is C17H16FN5O3. The molecule has 9 heteroatoms. The molecule has 3 rings (SSSR count). The number of halogens is 1. The first kappa shape index (κ1) is 17.3. The summed E-state index contributed by atoms with van der Waals surface area (Å²) < 4.78 is 24.9. The van der Waals surface area contributed by atoms with Crippen LogP contribution in [-0.2, 0) is 11.3 Å². The summed E-state index contributed by atoms with van der Waals surface area (Å²) >= 11 is 0. The van der Waals surface area contributed by atoms with Crippen molar-refractivity contribution in [1.82, 2.24) is 25.5 Å². The van der Waals surface area contributed by atoms with Crippen LogP contribution in [0.2, 0.25) is 0 Å². The summed E-state index contributed by atoms with van der Waals surface area (Å²) in [6.07, 6.45) is 0. The smallest absolute Gasteiger partial charge is 0.258 e. The molecule has 0 saturated heterocycles. The van der Waals surface area contributed by atoms with Crippen LogP contribution in [0, 0.1) is 5.82 Å². The Morgan fingerprint density at radius 1 is 1.19 bits per heavy atom. The molecule has 0 radical (unpaired) electrons. The van der Waals surface area contributed by atoms with Crippen LogP contribution in [0.25, 0.3) is 5.69 Å². The molecule has 3 aromatic rings. The highest BCUT2D eigenvalue weighted by atomic mass is 19.1. The Hall–Kier alpha value is -3.49. The molecule has 0 fully saturated rings. The van der Waals surface area contributed by atoms with E-state index in [4.69, 9.17) is 9.47 Å². The third-order valence-electron chi connectivity index (χ3n) is 3.46. The maximum absolute atomic E-state index is 13.0. The van der Waals surface area contributed by atoms with Gasteiger partial charge in [-0.1, -0.05) is 6.07 Å². The van der Waals surface area contributed by atoms with Crippen LogP contribution in [-0.4, -0.2) is 39.8 Å². The second-order valence-electron chi connectivity index (χ2n) is 5.23. The van der Waals surface area contributed by atoms with Gasteiger partial charge < -0.3 is 14.8 Å². The topological polar surface area (TPSA) is 91.2 Å². The molecule has 1 aromatic heterocycles. The van der Waals surface area contributed by atoms with E-state index in [1.165, 1.54) is 16.8 Å². The van der Waals surface area contributed by atoms with E-state index in [2.05, 4.69) is 20.8 Å². The largest absolute Gasteiger partial charge is 0.497 e. The molecule has 0 aliphatic rings. The Morgan fingerprint density at radius 3 is 2.73 bits per heavy atom. The predicted octanol–water partition coefficient (Wildman–Crippen LogP) is 1.51. The molecule has 1 N–H and O–H groups in total. The Kier molecular flexibility index (Phi) is 5.37. The molecule has 0 saturated carbocycles. The lowest BCUT2D eigenvalue weighted by Crippen LogP contribution is -2.29. The summed E-state index contributed by atoms with van der Waals surface area (Å²) in [7, 11) is 1.55. The zero-order chi connectivity index (χ0) is 18.4. The minimum atomic E-state index is -0.355. The number of carbonyl (C=O) groups excluding carboxylic acids is 1. The van der Waals surface area contributed by atoms with E-state index in [0.717, 1.165) is 0 Å². The lowest BCUT2D eigenvalue weighted by molar-refractivity contribution is -0.123. The second-order valence-corrected chi connectivity index (χ2v) is 5.23. The number of tetrazole rings is 1. The first-order valence-corrected chi connectivity index (χ1v) is 7.72. The summed E-state index contributed by atoms with van der Waals surface area (Å²) in [5.74, 6) is 0.885. The monoisotopic (exact) mass is 357 g/mol. The Morgan fingerprint density at radius 2 is 1.96 bits per heavy atom. The Bertz CT molecular complexity index is 882. The first-order valence-electron chi connectivity index (χ1n) is 7.72. The van der Waals surface area contributed by atoms with Gasteiger partial charge in [-0.2, -0.15) is 4.68 Å². The van der Waals surface area contributed by atoms with Crippen molar-refractivity contribution in [1.29, 1.82) is 0 Å². The minimum Gasteiger partial charge on any atom is -0.497 e. The lowest BCUT2D eigenvalue weighted by atomic mass is 10.3. The van der Waals surface area contributed by atoms with Gasteiger partial charge in [0.1, 0.15) is 17.3 Å². The number of nitrogens with one attached hydrogen (secondary N) is 1. The van der Waals surface area contributed by atoms with Crippen LogP contribution in [0.3, 0.4) is 0 Å². The number of nitrogens with zero attached hydrogens (tertiary/aromatic N) is 4. The number of aromatic nitrogens is 4. The van der Waals surface area contributed by atoms with E-state index in [1.807, 2.05) is 0 Å². The molecule has 8 nitrogen and oxygen atoms in total. The van der Waals surface area contributed by atoms with Gasteiger partial charge in [-0.15, -0.1) is 5.10 Å². The normalized spacial score (nSPS) is 10.4. The molecule has 1 heterocycles. The summed E-state index contributed by atoms with van der Waals surface area (Å²) in [6, 6.07) is 12.7. The highest BCUT2D eigenvalue weighted by Crippen LogP contribution is 2.18. The van der Waals surface area contributed by atoms with E-state index in [9.17, 15) is 9.18 Å². The summed E-state index contributed by atoms with van der Waals surface area (Å²) in [6.45, 7) is -0.0596. The SMILES string of the molecule is COc1cccc(OCC(=O)NCc2nnnn2-c2ccc(F)cc2)c1. The van der Waals surface area contributed by atoms with Crippen LogP contribution in [0.1, 0.15) is 5.82 Å². The minimum absolute atomic E-state index is 0.102. The fraction of sp³-hybridized carbons (Fsp3) is 0.176. The van der Waals surface area contributed by atoms with Crippen molar-refractivity contribution in [3.8, 4) is 17.2 Å². The molecule has 1 amide bonds. The molecule has 0 aliphatic heterocycles. The number of hydrogen-bond acceptors (Lipinski definition) is 6. The average Bonchev–Trinajstić information content (AvgIpc) is 3.14. The molecule has 0 aliphatic carbocycles. The number of rotatable bonds is 7. The van der Waals surface area contributed by atoms with E-state index < -0.39 is 0 Å². The zero-order valence-electron chi connectivity index (χ0n) is 13.9. The van der Waals surface area contributed by atoms with Crippen molar-refractivity contribution in [3.63, 3.8) is 0 Å². The molecule has 0 unspecified atom stereocenters. The third-order valence-corrected chi connectivity index (χ3v) is 3.46. The van der Waals surface area contributed by atoms with Crippen LogP contribution in [0.5, 0.6) is 11.5 Å². The van der Waals surface area contributed by atoms with Gasteiger partial charge in [0.05, 0.1) is 19.3 Å². The van der Waals surface area contributed by atoms with Gasteiger partial charge in [-0.3, -0.25) is 4.79 Å². The average molecular weight is 357 g/mol. The highest BCUT2D eigenvalue weighted by molar-refractivity contribution is 5.77. The molecular weight excluding hydrogens is 341 g/mol. The molecule has 0 bridgehead atoms. The quantitative estimate of drug-likeness (QED) is 0.689. The van der Waals surface area contributed by atoms with Crippen molar-refractivity contribution >= 4 is 5.91 Å². The number of ether oxygens (including phenoxy) is 2. The summed E-state index contributed by atoms with van der Waals surface area (Å²) in [4.78, 5) is 12.0. The number of methoxy groups -OCH3 is 1. The maximum Gasteiger partial charge on any atom is 0.258 e. The molecule has 0 atom stereocenters. The van der Waals surface area contributed by atoms with Crippen molar-refractivity contribution in [2.75, 3.05) is 13.7 Å². The van der Waals surface area contributed by atoms with E-state index >= 15 is 0 Å². The van der Waals surface area contributed by atoms with E-state index in [-0.39, 0.29) is 24.9 Å². The second kappa shape index (κ2) is 8.06. The van der Waals surface area contributed by atoms with Gasteiger partial charge in [-0.05, 0) is 46.8 Å². The van der Waals surface area contributed by atoms with Crippen molar-refractivity contribution in [3.05, 3.63) is 60.2 Å². The Labute approximate surface area is 148 Å². The van der Waals surface area contributed by atoms with Gasteiger partial charge in [0.2, 0.25) is 0 Å². The van der Waals surface area contributed by atoms with Crippen LogP contribution >= 0.6 is 0 Å². The standard InChI is InChI=1S/C17H16FN5O3/c1-25-14-3-2-4-15(9-14)26-11-17(24)19-10-16-20-21-22-23(16)13-7-5-12(18)6-8-13/h2-9H,10-11H2,1H3,(H,19,24). The van der Waals surface area contributed by atoms with Gasteiger partial charge in [0.25, 0.3) is 5.91 Å². The van der Waals surface area contributed by atoms with Gasteiger partial charge in [-0.25, -0.2) is 4.39 Å². The fourth-order valence-corrected chi connectivity index (χ4v) is 2.17. The number of hydrogen-bond donors (Lipinski definition) is 1. The Balaban J connectivity index is 1.55. The maximum atomic E-state index is 13.0. The van der Waals surface area contributed by atoms with Crippen LogP contribution < -0.4 is 14.8 Å². The predicted molar refractivity (Wildman–Crippen MR) is 89.4 cm³/mol. The van der Waals surface area contributed by atoms with Crippen LogP contribution in [0.4, 0.5) is 4.39 Å². The molecule has 134 valence electrons. The number of benzene rings is 2. The third kappa shape index (κ3) is 4.32. The summed E-state index contributed by atoms with van der Waals surface area (Å²) in [5, 5.41) is 14.0. The fourth-order valence-electron chi connectivity index (χ4n) is 2.17. The van der Waals surface area contributed by atoms with E-state index in [1.54, 1.807) is 43.5 Å². The molecule has 0 spiro atoms. The van der Waals surface area contributed by atoms with Crippen LogP contribution in [0.15, 0.2) is 48.5 Å². The zero-order valence-corrected chi connectivity index (χ0v) is 13.9. The first-order chi connectivity index (χ1) is 12.7. The number of amides is 1. The van der Waals surface area contributed by atoms with Gasteiger partial charge in [0, 0.05) is 6.07 Å². The van der Waals surface area contributed by atoms with Crippen molar-refractivity contribution < 1.29 is 18.7 Å². The molecule has 2 aromatic carbocycles. The van der Waals surface area contributed by atoms with Gasteiger partial charge >= 0.3 is 0 Å². The van der Waals surface area contributed by atoms with E-state index in [0.29, 0.717) is 23.0 Å². The van der Waals surface area contributed by atoms with Crippen molar-refractivity contribution in [2.24, 2.45) is 0 Å². The molecule has 26 heavy (non-hydrogen) atoms. The lowest BCUT2D eigenvalue weighted by Gasteiger charge is -2.09.